The molecule has 0 saturated heterocycles. The number of halogens is 1. The second-order valence-corrected chi connectivity index (χ2v) is 3.68. The Bertz CT molecular complexity index is 311. The van der Waals surface area contributed by atoms with Crippen molar-refractivity contribution in [1.82, 2.24) is 0 Å². The molecule has 0 spiro atoms. The molecule has 0 fully saturated rings. The van der Waals surface area contributed by atoms with E-state index in [1.807, 2.05) is 24.3 Å². The summed E-state index contributed by atoms with van der Waals surface area (Å²) in [7, 11) is 0. The lowest BCUT2D eigenvalue weighted by Crippen LogP contribution is -2.06. The van der Waals surface area contributed by atoms with Crippen molar-refractivity contribution < 1.29 is 4.79 Å². The molecule has 1 amide bonds. The Balaban J connectivity index is 2.55. The molecular formula is C8H6INO. The van der Waals surface area contributed by atoms with E-state index in [0.29, 0.717) is 0 Å². The number of rotatable bonds is 0. The molecule has 56 valence electrons. The smallest absolute Gasteiger partial charge is 0.241 e. The summed E-state index contributed by atoms with van der Waals surface area (Å²) in [4.78, 5) is 11.1. The highest BCUT2D eigenvalue weighted by Gasteiger charge is 2.26. The summed E-state index contributed by atoms with van der Waals surface area (Å²) in [6, 6.07) is 7.77. The Kier molecular flexibility index (Phi) is 1.60. The van der Waals surface area contributed by atoms with Gasteiger partial charge in [0.2, 0.25) is 5.91 Å². The maximum absolute atomic E-state index is 11.1. The van der Waals surface area contributed by atoms with Crippen LogP contribution in [0, 0.1) is 0 Å². The second kappa shape index (κ2) is 2.48. The van der Waals surface area contributed by atoms with Crippen LogP contribution < -0.4 is 5.32 Å². The molecular weight excluding hydrogens is 253 g/mol. The minimum atomic E-state index is -0.0104. The summed E-state index contributed by atoms with van der Waals surface area (Å²) in [5.41, 5.74) is 2.05. The maximum Gasteiger partial charge on any atom is 0.241 e. The molecule has 1 heterocycles. The zero-order chi connectivity index (χ0) is 7.84. The van der Waals surface area contributed by atoms with Gasteiger partial charge in [0.15, 0.2) is 0 Å². The highest BCUT2D eigenvalue weighted by atomic mass is 127. The van der Waals surface area contributed by atoms with Crippen LogP contribution in [0.15, 0.2) is 24.3 Å². The second-order valence-electron chi connectivity index (χ2n) is 2.44. The van der Waals surface area contributed by atoms with Crippen molar-refractivity contribution in [2.24, 2.45) is 0 Å². The van der Waals surface area contributed by atoms with Gasteiger partial charge < -0.3 is 5.32 Å². The van der Waals surface area contributed by atoms with Crippen LogP contribution in [0.5, 0.6) is 0 Å². The number of amides is 1. The van der Waals surface area contributed by atoms with Crippen LogP contribution in [-0.2, 0) is 4.79 Å². The Hall–Kier alpha value is -0.580. The van der Waals surface area contributed by atoms with E-state index in [0.717, 1.165) is 11.3 Å². The first-order valence-electron chi connectivity index (χ1n) is 3.33. The first kappa shape index (κ1) is 7.09. The topological polar surface area (TPSA) is 29.1 Å². The van der Waals surface area contributed by atoms with E-state index in [-0.39, 0.29) is 9.83 Å². The number of benzene rings is 1. The van der Waals surface area contributed by atoms with Crippen molar-refractivity contribution >= 4 is 34.2 Å². The minimum Gasteiger partial charge on any atom is -0.325 e. The Morgan fingerprint density at radius 2 is 2.09 bits per heavy atom. The standard InChI is InChI=1S/C8H6INO/c9-7-5-3-1-2-4-6(5)10-8(7)11/h1-4,7H,(H,10,11). The third kappa shape index (κ3) is 1.03. The largest absolute Gasteiger partial charge is 0.325 e. The molecule has 1 aromatic rings. The van der Waals surface area contributed by atoms with Crippen LogP contribution in [-0.4, -0.2) is 5.91 Å². The molecule has 2 rings (SSSR count). The molecule has 0 bridgehead atoms. The minimum absolute atomic E-state index is 0.0104. The van der Waals surface area contributed by atoms with Gasteiger partial charge in [-0.05, 0) is 11.6 Å². The predicted octanol–water partition coefficient (Wildman–Crippen LogP) is 2.11. The highest BCUT2D eigenvalue weighted by molar-refractivity contribution is 14.1. The Morgan fingerprint density at radius 1 is 1.36 bits per heavy atom. The quantitative estimate of drug-likeness (QED) is 0.561. The predicted molar refractivity (Wildman–Crippen MR) is 51.8 cm³/mol. The van der Waals surface area contributed by atoms with Gasteiger partial charge in [0, 0.05) is 5.69 Å². The summed E-state index contributed by atoms with van der Waals surface area (Å²) in [6.45, 7) is 0. The molecule has 1 aromatic carbocycles. The van der Waals surface area contributed by atoms with Gasteiger partial charge in [-0.2, -0.15) is 0 Å². The van der Waals surface area contributed by atoms with E-state index in [1.165, 1.54) is 0 Å². The SMILES string of the molecule is O=C1Nc2ccccc2C1I. The van der Waals surface area contributed by atoms with Crippen molar-refractivity contribution in [2.75, 3.05) is 5.32 Å². The first-order valence-corrected chi connectivity index (χ1v) is 4.57. The average Bonchev–Trinajstić information content (AvgIpc) is 2.30. The number of carbonyl (C=O) groups excluding carboxylic acids is 1. The van der Waals surface area contributed by atoms with Crippen molar-refractivity contribution in [3.63, 3.8) is 0 Å². The van der Waals surface area contributed by atoms with E-state index in [9.17, 15) is 4.79 Å². The summed E-state index contributed by atoms with van der Waals surface area (Å²) in [5.74, 6) is 0.0896. The zero-order valence-electron chi connectivity index (χ0n) is 5.67. The normalized spacial score (nSPS) is 21.2. The molecule has 0 aromatic heterocycles. The fourth-order valence-corrected chi connectivity index (χ4v) is 1.87. The van der Waals surface area contributed by atoms with Gasteiger partial charge in [-0.1, -0.05) is 40.8 Å². The molecule has 1 aliphatic heterocycles. The number of para-hydroxylation sites is 1. The van der Waals surface area contributed by atoms with E-state index in [1.54, 1.807) is 0 Å². The summed E-state index contributed by atoms with van der Waals surface area (Å²) in [5, 5.41) is 2.80. The van der Waals surface area contributed by atoms with E-state index in [2.05, 4.69) is 27.9 Å². The van der Waals surface area contributed by atoms with Gasteiger partial charge in [0.25, 0.3) is 0 Å². The van der Waals surface area contributed by atoms with Crippen molar-refractivity contribution in [1.29, 1.82) is 0 Å². The Labute approximate surface area is 78.1 Å². The number of fused-ring (bicyclic) bond motifs is 1. The van der Waals surface area contributed by atoms with Gasteiger partial charge in [-0.15, -0.1) is 0 Å². The highest BCUT2D eigenvalue weighted by Crippen LogP contribution is 2.36. The first-order chi connectivity index (χ1) is 5.29. The summed E-state index contributed by atoms with van der Waals surface area (Å²) in [6.07, 6.45) is 0. The van der Waals surface area contributed by atoms with Gasteiger partial charge >= 0.3 is 0 Å². The lowest BCUT2D eigenvalue weighted by Gasteiger charge is -1.95. The maximum atomic E-state index is 11.1. The molecule has 0 radical (unpaired) electrons. The number of anilines is 1. The van der Waals surface area contributed by atoms with Crippen LogP contribution in [0.1, 0.15) is 9.49 Å². The fraction of sp³-hybridized carbons (Fsp3) is 0.125. The van der Waals surface area contributed by atoms with Gasteiger partial charge in [-0.25, -0.2) is 0 Å². The molecule has 1 aliphatic rings. The van der Waals surface area contributed by atoms with Crippen LogP contribution >= 0.6 is 22.6 Å². The van der Waals surface area contributed by atoms with Crippen molar-refractivity contribution in [3.8, 4) is 0 Å². The number of hydrogen-bond donors (Lipinski definition) is 1. The lowest BCUT2D eigenvalue weighted by atomic mass is 10.2. The van der Waals surface area contributed by atoms with Crippen molar-refractivity contribution in [3.05, 3.63) is 29.8 Å². The molecule has 1 unspecified atom stereocenters. The molecule has 1 N–H and O–H groups in total. The molecule has 3 heteroatoms. The fourth-order valence-electron chi connectivity index (χ4n) is 1.17. The van der Waals surface area contributed by atoms with Crippen molar-refractivity contribution in [2.45, 2.75) is 3.92 Å². The molecule has 11 heavy (non-hydrogen) atoms. The van der Waals surface area contributed by atoms with E-state index in [4.69, 9.17) is 0 Å². The van der Waals surface area contributed by atoms with Crippen LogP contribution in [0.25, 0.3) is 0 Å². The third-order valence-electron chi connectivity index (χ3n) is 1.72. The number of alkyl halides is 1. The van der Waals surface area contributed by atoms with Gasteiger partial charge in [-0.3, -0.25) is 4.79 Å². The number of carbonyl (C=O) groups is 1. The van der Waals surface area contributed by atoms with E-state index >= 15 is 0 Å². The zero-order valence-corrected chi connectivity index (χ0v) is 7.83. The number of hydrogen-bond acceptors (Lipinski definition) is 1. The van der Waals surface area contributed by atoms with Crippen LogP contribution in [0.2, 0.25) is 0 Å². The van der Waals surface area contributed by atoms with E-state index < -0.39 is 0 Å². The Morgan fingerprint density at radius 3 is 2.82 bits per heavy atom. The van der Waals surface area contributed by atoms with Crippen LogP contribution in [0.3, 0.4) is 0 Å². The van der Waals surface area contributed by atoms with Crippen LogP contribution in [0.4, 0.5) is 5.69 Å². The third-order valence-corrected chi connectivity index (χ3v) is 2.96. The summed E-state index contributed by atoms with van der Waals surface area (Å²) >= 11 is 2.14. The lowest BCUT2D eigenvalue weighted by molar-refractivity contribution is -0.115. The summed E-state index contributed by atoms with van der Waals surface area (Å²) < 4.78 is -0.0104. The monoisotopic (exact) mass is 259 g/mol. The number of nitrogens with one attached hydrogen (secondary N) is 1. The molecule has 0 saturated carbocycles. The molecule has 2 nitrogen and oxygen atoms in total. The average molecular weight is 259 g/mol. The molecule has 0 aliphatic carbocycles. The van der Waals surface area contributed by atoms with Gasteiger partial charge in [0.1, 0.15) is 3.92 Å². The molecule has 1 atom stereocenters. The van der Waals surface area contributed by atoms with Gasteiger partial charge in [0.05, 0.1) is 0 Å².